The molecule has 1 atom stereocenters. The number of aliphatic hydroxyl groups is 1. The Hall–Kier alpha value is -1.08. The molecule has 1 nitrogen and oxygen atoms in total. The second kappa shape index (κ2) is 4.24. The normalized spacial score (nSPS) is 12.9. The number of hydrogen-bond acceptors (Lipinski definition) is 1. The van der Waals surface area contributed by atoms with Crippen LogP contribution in [0.5, 0.6) is 0 Å². The Labute approximate surface area is 79.7 Å². The molecule has 0 radical (unpaired) electrons. The van der Waals surface area contributed by atoms with Gasteiger partial charge < -0.3 is 5.11 Å². The third-order valence-corrected chi connectivity index (χ3v) is 2.13. The summed E-state index contributed by atoms with van der Waals surface area (Å²) in [6.45, 7) is 7.87. The van der Waals surface area contributed by atoms with Crippen LogP contribution in [0.3, 0.4) is 0 Å². The lowest BCUT2D eigenvalue weighted by Gasteiger charge is -2.17. The fourth-order valence-electron chi connectivity index (χ4n) is 1.23. The van der Waals surface area contributed by atoms with E-state index >= 15 is 0 Å². The van der Waals surface area contributed by atoms with Crippen molar-refractivity contribution in [2.45, 2.75) is 20.0 Å². The molecule has 0 aliphatic carbocycles. The van der Waals surface area contributed by atoms with Crippen LogP contribution in [0.4, 0.5) is 0 Å². The molecule has 0 aliphatic heterocycles. The van der Waals surface area contributed by atoms with Crippen LogP contribution < -0.4 is 0 Å². The van der Waals surface area contributed by atoms with E-state index in [1.54, 1.807) is 0 Å². The van der Waals surface area contributed by atoms with Crippen LogP contribution in [-0.4, -0.2) is 11.2 Å². The van der Waals surface area contributed by atoms with Crippen LogP contribution in [0.1, 0.15) is 19.4 Å². The summed E-state index contributed by atoms with van der Waals surface area (Å²) in [4.78, 5) is 0. The van der Waals surface area contributed by atoms with Crippen molar-refractivity contribution in [3.8, 4) is 0 Å². The maximum atomic E-state index is 9.75. The lowest BCUT2D eigenvalue weighted by molar-refractivity contribution is 0.181. The first kappa shape index (κ1) is 10.0. The molecule has 0 spiro atoms. The van der Waals surface area contributed by atoms with Gasteiger partial charge in [0, 0.05) is 0 Å². The topological polar surface area (TPSA) is 20.2 Å². The molecule has 0 heterocycles. The van der Waals surface area contributed by atoms with Gasteiger partial charge in [-0.1, -0.05) is 50.8 Å². The Morgan fingerprint density at radius 2 is 1.77 bits per heavy atom. The summed E-state index contributed by atoms with van der Waals surface area (Å²) < 4.78 is 0. The predicted molar refractivity (Wildman–Crippen MR) is 56.3 cm³/mol. The van der Waals surface area contributed by atoms with Gasteiger partial charge in [0.15, 0.2) is 0 Å². The number of aliphatic hydroxyl groups excluding tert-OH is 1. The summed E-state index contributed by atoms with van der Waals surface area (Å²) in [5, 5.41) is 9.75. The molecule has 1 aromatic carbocycles. The maximum Gasteiger partial charge on any atom is 0.0812 e. The highest BCUT2D eigenvalue weighted by molar-refractivity contribution is 5.66. The van der Waals surface area contributed by atoms with Crippen molar-refractivity contribution < 1.29 is 5.11 Å². The van der Waals surface area contributed by atoms with Crippen molar-refractivity contribution in [3.05, 3.63) is 42.5 Å². The minimum absolute atomic E-state index is 0.215. The van der Waals surface area contributed by atoms with Gasteiger partial charge in [-0.2, -0.15) is 0 Å². The zero-order valence-electron chi connectivity index (χ0n) is 8.20. The molecule has 1 unspecified atom stereocenters. The average Bonchev–Trinajstić information content (AvgIpc) is 2.17. The SMILES string of the molecule is C=C(c1ccccc1)C(O)C(C)C. The molecule has 1 heteroatoms. The molecule has 1 rings (SSSR count). The van der Waals surface area contributed by atoms with Crippen molar-refractivity contribution in [1.29, 1.82) is 0 Å². The van der Waals surface area contributed by atoms with E-state index in [1.807, 2.05) is 44.2 Å². The van der Waals surface area contributed by atoms with E-state index in [0.717, 1.165) is 11.1 Å². The fraction of sp³-hybridized carbons (Fsp3) is 0.333. The summed E-state index contributed by atoms with van der Waals surface area (Å²) in [7, 11) is 0. The third-order valence-electron chi connectivity index (χ3n) is 2.13. The third kappa shape index (κ3) is 2.43. The minimum atomic E-state index is -0.442. The Morgan fingerprint density at radius 1 is 1.23 bits per heavy atom. The Balaban J connectivity index is 2.80. The van der Waals surface area contributed by atoms with E-state index in [4.69, 9.17) is 0 Å². The fourth-order valence-corrected chi connectivity index (χ4v) is 1.23. The molecule has 0 bridgehead atoms. The van der Waals surface area contributed by atoms with Gasteiger partial charge in [0.05, 0.1) is 6.10 Å². The molecular weight excluding hydrogens is 160 g/mol. The van der Waals surface area contributed by atoms with Gasteiger partial charge in [-0.25, -0.2) is 0 Å². The molecule has 0 aliphatic rings. The Bertz CT molecular complexity index is 274. The van der Waals surface area contributed by atoms with Gasteiger partial charge in [0.2, 0.25) is 0 Å². The summed E-state index contributed by atoms with van der Waals surface area (Å²) in [5.74, 6) is 0.215. The molecule has 0 saturated carbocycles. The van der Waals surface area contributed by atoms with E-state index in [0.29, 0.717) is 0 Å². The molecule has 1 N–H and O–H groups in total. The monoisotopic (exact) mass is 176 g/mol. The molecule has 0 amide bonds. The van der Waals surface area contributed by atoms with Crippen LogP contribution in [-0.2, 0) is 0 Å². The van der Waals surface area contributed by atoms with Crippen LogP contribution >= 0.6 is 0 Å². The maximum absolute atomic E-state index is 9.75. The van der Waals surface area contributed by atoms with E-state index in [9.17, 15) is 5.11 Å². The largest absolute Gasteiger partial charge is 0.388 e. The van der Waals surface area contributed by atoms with Crippen LogP contribution in [0, 0.1) is 5.92 Å². The van der Waals surface area contributed by atoms with Crippen LogP contribution in [0.25, 0.3) is 5.57 Å². The van der Waals surface area contributed by atoms with E-state index in [1.165, 1.54) is 0 Å². The van der Waals surface area contributed by atoms with Crippen molar-refractivity contribution in [2.24, 2.45) is 5.92 Å². The van der Waals surface area contributed by atoms with Crippen molar-refractivity contribution in [3.63, 3.8) is 0 Å². The van der Waals surface area contributed by atoms with E-state index < -0.39 is 6.10 Å². The van der Waals surface area contributed by atoms with Crippen LogP contribution in [0.15, 0.2) is 36.9 Å². The number of hydrogen-bond donors (Lipinski definition) is 1. The summed E-state index contributed by atoms with van der Waals surface area (Å²) in [5.41, 5.74) is 1.82. The number of rotatable bonds is 3. The van der Waals surface area contributed by atoms with E-state index in [-0.39, 0.29) is 5.92 Å². The summed E-state index contributed by atoms with van der Waals surface area (Å²) in [6.07, 6.45) is -0.442. The Kier molecular flexibility index (Phi) is 3.26. The first-order valence-electron chi connectivity index (χ1n) is 4.55. The van der Waals surface area contributed by atoms with Gasteiger partial charge in [0.25, 0.3) is 0 Å². The molecular formula is C12H16O. The van der Waals surface area contributed by atoms with Gasteiger partial charge in [-0.05, 0) is 17.1 Å². The summed E-state index contributed by atoms with van der Waals surface area (Å²) in [6, 6.07) is 9.79. The van der Waals surface area contributed by atoms with Crippen molar-refractivity contribution in [1.82, 2.24) is 0 Å². The Morgan fingerprint density at radius 3 is 2.23 bits per heavy atom. The summed E-state index contributed by atoms with van der Waals surface area (Å²) >= 11 is 0. The molecule has 1 aromatic rings. The quantitative estimate of drug-likeness (QED) is 0.750. The first-order valence-corrected chi connectivity index (χ1v) is 4.55. The van der Waals surface area contributed by atoms with Gasteiger partial charge in [0.1, 0.15) is 0 Å². The van der Waals surface area contributed by atoms with Gasteiger partial charge in [-0.3, -0.25) is 0 Å². The molecule has 70 valence electrons. The molecule has 0 saturated heterocycles. The smallest absolute Gasteiger partial charge is 0.0812 e. The standard InChI is InChI=1S/C12H16O/c1-9(2)12(13)10(3)11-7-5-4-6-8-11/h4-9,12-13H,3H2,1-2H3. The van der Waals surface area contributed by atoms with Crippen molar-refractivity contribution in [2.75, 3.05) is 0 Å². The second-order valence-corrected chi connectivity index (χ2v) is 3.58. The lowest BCUT2D eigenvalue weighted by atomic mass is 9.95. The minimum Gasteiger partial charge on any atom is -0.388 e. The zero-order chi connectivity index (χ0) is 9.84. The van der Waals surface area contributed by atoms with Crippen LogP contribution in [0.2, 0.25) is 0 Å². The van der Waals surface area contributed by atoms with E-state index in [2.05, 4.69) is 6.58 Å². The molecule has 13 heavy (non-hydrogen) atoms. The highest BCUT2D eigenvalue weighted by Crippen LogP contribution is 2.20. The average molecular weight is 176 g/mol. The molecule has 0 aromatic heterocycles. The highest BCUT2D eigenvalue weighted by atomic mass is 16.3. The molecule has 0 fully saturated rings. The highest BCUT2D eigenvalue weighted by Gasteiger charge is 2.13. The van der Waals surface area contributed by atoms with Crippen molar-refractivity contribution >= 4 is 5.57 Å². The number of benzene rings is 1. The van der Waals surface area contributed by atoms with Gasteiger partial charge in [-0.15, -0.1) is 0 Å². The predicted octanol–water partition coefficient (Wildman–Crippen LogP) is 2.72. The van der Waals surface area contributed by atoms with Gasteiger partial charge >= 0.3 is 0 Å². The lowest BCUT2D eigenvalue weighted by Crippen LogP contribution is -2.15. The second-order valence-electron chi connectivity index (χ2n) is 3.58. The zero-order valence-corrected chi connectivity index (χ0v) is 8.20. The first-order chi connectivity index (χ1) is 6.13.